The van der Waals surface area contributed by atoms with Crippen LogP contribution in [0.4, 0.5) is 0 Å². The number of rotatable bonds is 4. The van der Waals surface area contributed by atoms with Gasteiger partial charge in [0, 0.05) is 5.92 Å². The Morgan fingerprint density at radius 1 is 1.00 bits per heavy atom. The molecule has 3 rings (SSSR count). The second kappa shape index (κ2) is 5.70. The molecule has 0 spiro atoms. The number of hydrogen-bond acceptors (Lipinski definition) is 2. The number of carboxylic acids is 1. The summed E-state index contributed by atoms with van der Waals surface area (Å²) in [6, 6.07) is 19.9. The largest absolute Gasteiger partial charge is 0.480 e. The van der Waals surface area contributed by atoms with Gasteiger partial charge in [-0.25, -0.2) is 0 Å². The summed E-state index contributed by atoms with van der Waals surface area (Å²) in [7, 11) is 0. The zero-order valence-corrected chi connectivity index (χ0v) is 11.8. The summed E-state index contributed by atoms with van der Waals surface area (Å²) in [6.07, 6.45) is 1.54. The Labute approximate surface area is 124 Å². The molecule has 1 aliphatic heterocycles. The smallest absolute Gasteiger partial charge is 0.324 e. The van der Waals surface area contributed by atoms with E-state index in [0.717, 1.165) is 24.1 Å². The molecule has 0 bridgehead atoms. The van der Waals surface area contributed by atoms with Crippen molar-refractivity contribution < 1.29 is 9.90 Å². The average Bonchev–Trinajstić information content (AvgIpc) is 3.00. The van der Waals surface area contributed by atoms with Crippen LogP contribution < -0.4 is 5.32 Å². The average molecular weight is 281 g/mol. The van der Waals surface area contributed by atoms with Gasteiger partial charge < -0.3 is 10.4 Å². The first kappa shape index (κ1) is 13.8. The molecule has 2 aromatic rings. The summed E-state index contributed by atoms with van der Waals surface area (Å²) >= 11 is 0. The molecule has 1 heterocycles. The van der Waals surface area contributed by atoms with E-state index in [1.807, 2.05) is 60.7 Å². The summed E-state index contributed by atoms with van der Waals surface area (Å²) in [5.74, 6) is -0.947. The van der Waals surface area contributed by atoms with E-state index in [1.165, 1.54) is 0 Å². The van der Waals surface area contributed by atoms with Crippen molar-refractivity contribution in [2.24, 2.45) is 0 Å². The van der Waals surface area contributed by atoms with Crippen LogP contribution in [0.25, 0.3) is 0 Å². The minimum Gasteiger partial charge on any atom is -0.480 e. The van der Waals surface area contributed by atoms with Gasteiger partial charge in [0.25, 0.3) is 0 Å². The number of benzene rings is 2. The number of aliphatic carboxylic acids is 1. The Balaban J connectivity index is 2.15. The maximum absolute atomic E-state index is 12.0. The lowest BCUT2D eigenvalue weighted by Gasteiger charge is -2.35. The lowest BCUT2D eigenvalue weighted by molar-refractivity contribution is -0.144. The van der Waals surface area contributed by atoms with E-state index >= 15 is 0 Å². The topological polar surface area (TPSA) is 49.3 Å². The Bertz CT molecular complexity index is 564. The summed E-state index contributed by atoms with van der Waals surface area (Å²) < 4.78 is 0. The van der Waals surface area contributed by atoms with Crippen molar-refractivity contribution in [3.63, 3.8) is 0 Å². The van der Waals surface area contributed by atoms with Crippen LogP contribution in [-0.2, 0) is 4.79 Å². The molecule has 0 radical (unpaired) electrons. The van der Waals surface area contributed by atoms with Crippen LogP contribution >= 0.6 is 0 Å². The Morgan fingerprint density at radius 3 is 1.90 bits per heavy atom. The van der Waals surface area contributed by atoms with Crippen molar-refractivity contribution in [2.75, 3.05) is 6.54 Å². The SMILES string of the molecule is O=C(O)C1(C(c2ccccc2)c2ccccc2)CCCN1. The van der Waals surface area contributed by atoms with Crippen LogP contribution in [0.5, 0.6) is 0 Å². The van der Waals surface area contributed by atoms with E-state index in [2.05, 4.69) is 5.32 Å². The molecule has 21 heavy (non-hydrogen) atoms. The van der Waals surface area contributed by atoms with Gasteiger partial charge in [-0.15, -0.1) is 0 Å². The van der Waals surface area contributed by atoms with Crippen molar-refractivity contribution in [3.8, 4) is 0 Å². The fraction of sp³-hybridized carbons (Fsp3) is 0.278. The van der Waals surface area contributed by atoms with Crippen molar-refractivity contribution in [1.29, 1.82) is 0 Å². The first-order valence-corrected chi connectivity index (χ1v) is 7.32. The Morgan fingerprint density at radius 2 is 1.52 bits per heavy atom. The standard InChI is InChI=1S/C18H19NO2/c20-17(21)18(12-7-13-19-18)16(14-8-3-1-4-9-14)15-10-5-2-6-11-15/h1-6,8-11,16,19H,7,12-13H2,(H,20,21). The van der Waals surface area contributed by atoms with E-state index in [4.69, 9.17) is 0 Å². The third-order valence-electron chi connectivity index (χ3n) is 4.33. The zero-order valence-electron chi connectivity index (χ0n) is 11.8. The molecule has 0 aromatic heterocycles. The number of nitrogens with one attached hydrogen (secondary N) is 1. The van der Waals surface area contributed by atoms with Crippen LogP contribution in [0.1, 0.15) is 29.9 Å². The van der Waals surface area contributed by atoms with Gasteiger partial charge in [0.15, 0.2) is 0 Å². The Kier molecular flexibility index (Phi) is 3.76. The lowest BCUT2D eigenvalue weighted by atomic mass is 9.74. The third kappa shape index (κ3) is 2.45. The van der Waals surface area contributed by atoms with E-state index in [1.54, 1.807) is 0 Å². The second-order valence-corrected chi connectivity index (χ2v) is 5.56. The molecule has 0 aliphatic carbocycles. The van der Waals surface area contributed by atoms with Gasteiger partial charge in [-0.1, -0.05) is 60.7 Å². The minimum absolute atomic E-state index is 0.181. The number of hydrogen-bond donors (Lipinski definition) is 2. The van der Waals surface area contributed by atoms with Crippen molar-refractivity contribution in [2.45, 2.75) is 24.3 Å². The van der Waals surface area contributed by atoms with Crippen LogP contribution in [0.15, 0.2) is 60.7 Å². The molecule has 1 unspecified atom stereocenters. The summed E-state index contributed by atoms with van der Waals surface area (Å²) in [5.41, 5.74) is 1.17. The highest BCUT2D eigenvalue weighted by molar-refractivity contribution is 5.82. The molecule has 0 saturated carbocycles. The van der Waals surface area contributed by atoms with Gasteiger partial charge in [0.2, 0.25) is 0 Å². The highest BCUT2D eigenvalue weighted by Crippen LogP contribution is 2.40. The molecule has 1 saturated heterocycles. The first-order valence-electron chi connectivity index (χ1n) is 7.32. The molecule has 1 atom stereocenters. The zero-order chi connectivity index (χ0) is 14.7. The van der Waals surface area contributed by atoms with Crippen LogP contribution in [0.3, 0.4) is 0 Å². The maximum atomic E-state index is 12.0. The van der Waals surface area contributed by atoms with Crippen molar-refractivity contribution >= 4 is 5.97 Å². The van der Waals surface area contributed by atoms with Gasteiger partial charge >= 0.3 is 5.97 Å². The summed E-state index contributed by atoms with van der Waals surface area (Å²) in [6.45, 7) is 0.752. The van der Waals surface area contributed by atoms with Crippen molar-refractivity contribution in [1.82, 2.24) is 5.32 Å². The molecule has 1 fully saturated rings. The molecule has 0 amide bonds. The highest BCUT2D eigenvalue weighted by Gasteiger charge is 2.49. The Hall–Kier alpha value is -2.13. The molecule has 3 heteroatoms. The molecule has 1 aliphatic rings. The monoisotopic (exact) mass is 281 g/mol. The first-order chi connectivity index (χ1) is 10.2. The predicted molar refractivity (Wildman–Crippen MR) is 82.3 cm³/mol. The second-order valence-electron chi connectivity index (χ2n) is 5.56. The van der Waals surface area contributed by atoms with Gasteiger partial charge in [-0.05, 0) is 30.5 Å². The summed E-state index contributed by atoms with van der Waals surface area (Å²) in [4.78, 5) is 12.0. The molecule has 2 aromatic carbocycles. The highest BCUT2D eigenvalue weighted by atomic mass is 16.4. The quantitative estimate of drug-likeness (QED) is 0.905. The van der Waals surface area contributed by atoms with Gasteiger partial charge in [-0.3, -0.25) is 4.79 Å². The molecule has 2 N–H and O–H groups in total. The number of carbonyl (C=O) groups is 1. The lowest BCUT2D eigenvalue weighted by Crippen LogP contribution is -2.52. The van der Waals surface area contributed by atoms with Gasteiger partial charge in [0.1, 0.15) is 5.54 Å². The van der Waals surface area contributed by atoms with E-state index in [-0.39, 0.29) is 5.92 Å². The fourth-order valence-corrected chi connectivity index (χ4v) is 3.37. The third-order valence-corrected chi connectivity index (χ3v) is 4.33. The van der Waals surface area contributed by atoms with Gasteiger partial charge in [0.05, 0.1) is 0 Å². The van der Waals surface area contributed by atoms with Gasteiger partial charge in [-0.2, -0.15) is 0 Å². The maximum Gasteiger partial charge on any atom is 0.324 e. The van der Waals surface area contributed by atoms with Crippen LogP contribution in [0.2, 0.25) is 0 Å². The molecule has 3 nitrogen and oxygen atoms in total. The number of carboxylic acid groups (broad SMARTS) is 1. The van der Waals surface area contributed by atoms with E-state index in [9.17, 15) is 9.90 Å². The predicted octanol–water partition coefficient (Wildman–Crippen LogP) is 3.03. The molecular formula is C18H19NO2. The van der Waals surface area contributed by atoms with E-state index in [0.29, 0.717) is 6.42 Å². The summed E-state index contributed by atoms with van der Waals surface area (Å²) in [5, 5.41) is 13.2. The normalized spacial score (nSPS) is 21.6. The van der Waals surface area contributed by atoms with E-state index < -0.39 is 11.5 Å². The fourth-order valence-electron chi connectivity index (χ4n) is 3.37. The molecule has 108 valence electrons. The minimum atomic E-state index is -0.914. The molecular weight excluding hydrogens is 262 g/mol. The van der Waals surface area contributed by atoms with Crippen LogP contribution in [-0.4, -0.2) is 23.2 Å². The van der Waals surface area contributed by atoms with Crippen LogP contribution in [0, 0.1) is 0 Å². The van der Waals surface area contributed by atoms with Crippen molar-refractivity contribution in [3.05, 3.63) is 71.8 Å².